The zero-order valence-electron chi connectivity index (χ0n) is 9.80. The minimum absolute atomic E-state index is 0.0783. The van der Waals surface area contributed by atoms with Crippen LogP contribution in [0.15, 0.2) is 18.5 Å². The molecule has 4 heteroatoms. The molecule has 2 unspecified atom stereocenters. The molecular weight excluding hydrogens is 204 g/mol. The monoisotopic (exact) mass is 224 g/mol. The highest BCUT2D eigenvalue weighted by atomic mass is 16.3. The van der Waals surface area contributed by atoms with Crippen molar-refractivity contribution in [3.05, 3.63) is 24.0 Å². The van der Waals surface area contributed by atoms with Gasteiger partial charge in [0.15, 0.2) is 0 Å². The zero-order valence-corrected chi connectivity index (χ0v) is 9.80. The largest absolute Gasteiger partial charge is 0.398 e. The van der Waals surface area contributed by atoms with Crippen molar-refractivity contribution in [2.24, 2.45) is 5.92 Å². The first-order chi connectivity index (χ1) is 7.61. The highest BCUT2D eigenvalue weighted by Crippen LogP contribution is 2.28. The Morgan fingerprint density at radius 2 is 1.94 bits per heavy atom. The maximum Gasteiger partial charge on any atom is 0.109 e. The Bertz CT molecular complexity index is 327. The van der Waals surface area contributed by atoms with Crippen LogP contribution in [-0.2, 0) is 0 Å². The number of nitrogen functional groups attached to an aromatic ring is 1. The predicted octanol–water partition coefficient (Wildman–Crippen LogP) is 1.49. The number of nitrogens with two attached hydrogens (primary N) is 1. The van der Waals surface area contributed by atoms with Crippen molar-refractivity contribution in [2.45, 2.75) is 38.9 Å². The number of hydrogen-bond donors (Lipinski definition) is 3. The lowest BCUT2D eigenvalue weighted by Crippen LogP contribution is -2.27. The van der Waals surface area contributed by atoms with Gasteiger partial charge in [0.2, 0.25) is 0 Å². The molecule has 4 nitrogen and oxygen atoms in total. The van der Waals surface area contributed by atoms with Crippen LogP contribution in [0.2, 0.25) is 0 Å². The number of rotatable bonds is 5. The van der Waals surface area contributed by atoms with E-state index in [4.69, 9.17) is 5.73 Å². The fraction of sp³-hybridized carbons (Fsp3) is 0.583. The van der Waals surface area contributed by atoms with Crippen LogP contribution in [0.5, 0.6) is 0 Å². The molecule has 0 radical (unpaired) electrons. The first-order valence-electron chi connectivity index (χ1n) is 5.67. The summed E-state index contributed by atoms with van der Waals surface area (Å²) in [4.78, 5) is 3.91. The summed E-state index contributed by atoms with van der Waals surface area (Å²) in [5.74, 6) is 0.0783. The molecule has 0 spiro atoms. The minimum Gasteiger partial charge on any atom is -0.398 e. The first kappa shape index (κ1) is 12.9. The molecule has 0 saturated heterocycles. The molecule has 1 heterocycles. The van der Waals surface area contributed by atoms with Gasteiger partial charge in [-0.2, -0.15) is 0 Å². The molecule has 16 heavy (non-hydrogen) atoms. The van der Waals surface area contributed by atoms with Crippen LogP contribution in [0.3, 0.4) is 0 Å². The second-order valence-electron chi connectivity index (χ2n) is 4.02. The highest BCUT2D eigenvalue weighted by Gasteiger charge is 2.26. The molecule has 1 aromatic heterocycles. The van der Waals surface area contributed by atoms with E-state index in [1.807, 2.05) is 13.8 Å². The topological polar surface area (TPSA) is 79.4 Å². The Kier molecular flexibility index (Phi) is 4.71. The van der Waals surface area contributed by atoms with E-state index in [-0.39, 0.29) is 5.92 Å². The molecule has 1 aromatic rings. The molecule has 0 amide bonds. The van der Waals surface area contributed by atoms with Gasteiger partial charge < -0.3 is 15.9 Å². The second-order valence-corrected chi connectivity index (χ2v) is 4.02. The Hall–Kier alpha value is -1.13. The SMILES string of the molecule is CCC(CC)C(O)C(O)c1cnccc1N. The molecular formula is C12H20N2O2. The summed E-state index contributed by atoms with van der Waals surface area (Å²) < 4.78 is 0. The third kappa shape index (κ3) is 2.71. The summed E-state index contributed by atoms with van der Waals surface area (Å²) in [6.07, 6.45) is 2.98. The van der Waals surface area contributed by atoms with Gasteiger partial charge in [0.05, 0.1) is 6.10 Å². The van der Waals surface area contributed by atoms with Gasteiger partial charge in [0.1, 0.15) is 6.10 Å². The maximum absolute atomic E-state index is 10.0. The number of pyridine rings is 1. The molecule has 0 saturated carbocycles. The zero-order chi connectivity index (χ0) is 12.1. The van der Waals surface area contributed by atoms with Gasteiger partial charge >= 0.3 is 0 Å². The fourth-order valence-electron chi connectivity index (χ4n) is 1.88. The lowest BCUT2D eigenvalue weighted by molar-refractivity contribution is -0.0207. The first-order valence-corrected chi connectivity index (χ1v) is 5.67. The van der Waals surface area contributed by atoms with Crippen LogP contribution in [-0.4, -0.2) is 21.3 Å². The number of nitrogens with zero attached hydrogens (tertiary/aromatic N) is 1. The molecule has 1 rings (SSSR count). The van der Waals surface area contributed by atoms with Crippen LogP contribution >= 0.6 is 0 Å². The van der Waals surface area contributed by atoms with Crippen LogP contribution in [0, 0.1) is 5.92 Å². The van der Waals surface area contributed by atoms with Crippen molar-refractivity contribution in [2.75, 3.05) is 5.73 Å². The lowest BCUT2D eigenvalue weighted by atomic mass is 9.90. The summed E-state index contributed by atoms with van der Waals surface area (Å²) in [6, 6.07) is 1.62. The lowest BCUT2D eigenvalue weighted by Gasteiger charge is -2.25. The maximum atomic E-state index is 10.0. The Morgan fingerprint density at radius 3 is 2.44 bits per heavy atom. The van der Waals surface area contributed by atoms with Crippen molar-refractivity contribution in [1.29, 1.82) is 0 Å². The molecule has 0 aromatic carbocycles. The van der Waals surface area contributed by atoms with Crippen LogP contribution in [0.1, 0.15) is 38.4 Å². The number of aliphatic hydroxyl groups excluding tert-OH is 2. The fourth-order valence-corrected chi connectivity index (χ4v) is 1.88. The third-order valence-corrected chi connectivity index (χ3v) is 3.06. The van der Waals surface area contributed by atoms with E-state index in [0.29, 0.717) is 11.3 Å². The van der Waals surface area contributed by atoms with Gasteiger partial charge in [0.25, 0.3) is 0 Å². The average molecular weight is 224 g/mol. The quantitative estimate of drug-likeness (QED) is 0.708. The van der Waals surface area contributed by atoms with E-state index in [9.17, 15) is 10.2 Å². The standard InChI is InChI=1S/C12H20N2O2/c1-3-8(4-2)11(15)12(16)9-7-14-6-5-10(9)13/h5-8,11-12,15-16H,3-4H2,1-2H3,(H2,13,14). The smallest absolute Gasteiger partial charge is 0.109 e. The van der Waals surface area contributed by atoms with E-state index in [1.165, 1.54) is 6.20 Å². The summed E-state index contributed by atoms with van der Waals surface area (Å²) in [5.41, 5.74) is 6.70. The second kappa shape index (κ2) is 5.82. The van der Waals surface area contributed by atoms with E-state index >= 15 is 0 Å². The molecule has 90 valence electrons. The van der Waals surface area contributed by atoms with Gasteiger partial charge in [-0.25, -0.2) is 0 Å². The van der Waals surface area contributed by atoms with Crippen molar-refractivity contribution >= 4 is 5.69 Å². The molecule has 0 aliphatic rings. The third-order valence-electron chi connectivity index (χ3n) is 3.06. The average Bonchev–Trinajstić information content (AvgIpc) is 2.30. The number of aliphatic hydroxyl groups is 2. The van der Waals surface area contributed by atoms with Crippen LogP contribution in [0.25, 0.3) is 0 Å². The number of hydrogen-bond acceptors (Lipinski definition) is 4. The molecule has 2 atom stereocenters. The summed E-state index contributed by atoms with van der Waals surface area (Å²) in [6.45, 7) is 3.99. The number of aromatic nitrogens is 1. The van der Waals surface area contributed by atoms with Gasteiger partial charge in [0, 0.05) is 23.6 Å². The molecule has 0 aliphatic carbocycles. The molecule has 0 fully saturated rings. The molecule has 4 N–H and O–H groups in total. The Balaban J connectivity index is 2.85. The van der Waals surface area contributed by atoms with Crippen molar-refractivity contribution < 1.29 is 10.2 Å². The predicted molar refractivity (Wildman–Crippen MR) is 63.7 cm³/mol. The van der Waals surface area contributed by atoms with Gasteiger partial charge in [-0.05, 0) is 12.0 Å². The van der Waals surface area contributed by atoms with E-state index in [1.54, 1.807) is 12.3 Å². The van der Waals surface area contributed by atoms with Gasteiger partial charge in [-0.15, -0.1) is 0 Å². The van der Waals surface area contributed by atoms with Crippen molar-refractivity contribution in [1.82, 2.24) is 4.98 Å². The van der Waals surface area contributed by atoms with E-state index < -0.39 is 12.2 Å². The summed E-state index contributed by atoms with van der Waals surface area (Å²) in [5, 5.41) is 20.1. The van der Waals surface area contributed by atoms with E-state index in [2.05, 4.69) is 4.98 Å². The Morgan fingerprint density at radius 1 is 1.31 bits per heavy atom. The minimum atomic E-state index is -0.960. The van der Waals surface area contributed by atoms with Gasteiger partial charge in [-0.1, -0.05) is 26.7 Å². The van der Waals surface area contributed by atoms with E-state index in [0.717, 1.165) is 12.8 Å². The summed E-state index contributed by atoms with van der Waals surface area (Å²) in [7, 11) is 0. The molecule has 0 aliphatic heterocycles. The van der Waals surface area contributed by atoms with Crippen LogP contribution in [0.4, 0.5) is 5.69 Å². The van der Waals surface area contributed by atoms with Crippen LogP contribution < -0.4 is 5.73 Å². The highest BCUT2D eigenvalue weighted by molar-refractivity contribution is 5.45. The Labute approximate surface area is 96.1 Å². The van der Waals surface area contributed by atoms with Gasteiger partial charge in [-0.3, -0.25) is 4.98 Å². The molecule has 0 bridgehead atoms. The number of anilines is 1. The van der Waals surface area contributed by atoms with Crippen molar-refractivity contribution in [3.8, 4) is 0 Å². The van der Waals surface area contributed by atoms with Crippen molar-refractivity contribution in [3.63, 3.8) is 0 Å². The summed E-state index contributed by atoms with van der Waals surface area (Å²) >= 11 is 0. The normalized spacial score (nSPS) is 15.1.